The molecule has 0 spiro atoms. The quantitative estimate of drug-likeness (QED) is 0.733. The summed E-state index contributed by atoms with van der Waals surface area (Å²) in [5.74, 6) is 1.51. The minimum absolute atomic E-state index is 0.144. The zero-order valence-corrected chi connectivity index (χ0v) is 14.7. The second kappa shape index (κ2) is 7.99. The first kappa shape index (κ1) is 17.2. The highest BCUT2D eigenvalue weighted by atomic mass is 16.6. The molecule has 0 saturated heterocycles. The molecule has 1 aromatic carbocycles. The number of aromatic nitrogens is 1. The van der Waals surface area contributed by atoms with Crippen molar-refractivity contribution in [2.75, 3.05) is 19.8 Å². The standard InChI is InChI=1S/C21H23NO3/c1-4-6-16(7-5-2)12-23-13-17-14-24-20-11-10-19-18(21(20)25-17)9-8-15(3)22-19/h4-11,17H,1,12-14H2,2-3H3/b7-5-,16-6+/t17-/m1/s1. The smallest absolute Gasteiger partial charge is 0.171 e. The molecule has 1 aliphatic heterocycles. The van der Waals surface area contributed by atoms with Gasteiger partial charge in [0, 0.05) is 11.1 Å². The van der Waals surface area contributed by atoms with Crippen LogP contribution in [0.15, 0.2) is 60.7 Å². The fourth-order valence-corrected chi connectivity index (χ4v) is 2.79. The highest BCUT2D eigenvalue weighted by Crippen LogP contribution is 2.38. The molecule has 4 heteroatoms. The van der Waals surface area contributed by atoms with Crippen LogP contribution < -0.4 is 9.47 Å². The van der Waals surface area contributed by atoms with Crippen molar-refractivity contribution in [2.24, 2.45) is 0 Å². The molecular weight excluding hydrogens is 314 g/mol. The lowest BCUT2D eigenvalue weighted by atomic mass is 10.1. The molecule has 2 heterocycles. The van der Waals surface area contributed by atoms with E-state index in [0.29, 0.717) is 19.8 Å². The summed E-state index contributed by atoms with van der Waals surface area (Å²) >= 11 is 0. The molecule has 25 heavy (non-hydrogen) atoms. The monoisotopic (exact) mass is 337 g/mol. The van der Waals surface area contributed by atoms with Crippen molar-refractivity contribution in [1.82, 2.24) is 4.98 Å². The topological polar surface area (TPSA) is 40.6 Å². The average Bonchev–Trinajstić information content (AvgIpc) is 2.61. The predicted octanol–water partition coefficient (Wildman–Crippen LogP) is 4.39. The van der Waals surface area contributed by atoms with Crippen molar-refractivity contribution in [3.05, 3.63) is 66.4 Å². The lowest BCUT2D eigenvalue weighted by molar-refractivity contribution is 0.0171. The Hall–Kier alpha value is -2.59. The number of ether oxygens (including phenoxy) is 3. The zero-order valence-electron chi connectivity index (χ0n) is 14.7. The maximum absolute atomic E-state index is 6.14. The summed E-state index contributed by atoms with van der Waals surface area (Å²) in [6, 6.07) is 7.89. The normalized spacial score (nSPS) is 17.2. The van der Waals surface area contributed by atoms with Crippen molar-refractivity contribution in [3.63, 3.8) is 0 Å². The third kappa shape index (κ3) is 4.09. The SMILES string of the molecule is C=C/C=C(\C=C/C)COC[C@@H]1COc2ccc3nc(C)ccc3c2O1. The lowest BCUT2D eigenvalue weighted by Crippen LogP contribution is -2.33. The number of allylic oxidation sites excluding steroid dienone is 3. The number of pyridine rings is 1. The first-order valence-electron chi connectivity index (χ1n) is 8.43. The summed E-state index contributed by atoms with van der Waals surface area (Å²) in [7, 11) is 0. The fourth-order valence-electron chi connectivity index (χ4n) is 2.79. The van der Waals surface area contributed by atoms with Gasteiger partial charge in [-0.2, -0.15) is 0 Å². The molecule has 0 unspecified atom stereocenters. The average molecular weight is 337 g/mol. The van der Waals surface area contributed by atoms with Crippen molar-refractivity contribution in [3.8, 4) is 11.5 Å². The Morgan fingerprint density at radius 1 is 1.36 bits per heavy atom. The third-order valence-corrected chi connectivity index (χ3v) is 3.92. The molecule has 0 saturated carbocycles. The second-order valence-corrected chi connectivity index (χ2v) is 5.96. The maximum atomic E-state index is 6.14. The van der Waals surface area contributed by atoms with Gasteiger partial charge in [0.05, 0.1) is 18.7 Å². The molecule has 0 radical (unpaired) electrons. The van der Waals surface area contributed by atoms with Crippen LogP contribution in [0.1, 0.15) is 12.6 Å². The summed E-state index contributed by atoms with van der Waals surface area (Å²) in [6.45, 7) is 9.13. The molecular formula is C21H23NO3. The van der Waals surface area contributed by atoms with Crippen molar-refractivity contribution in [2.45, 2.75) is 20.0 Å². The van der Waals surface area contributed by atoms with Crippen LogP contribution in [-0.4, -0.2) is 30.9 Å². The van der Waals surface area contributed by atoms with E-state index in [4.69, 9.17) is 14.2 Å². The molecule has 2 aromatic rings. The summed E-state index contributed by atoms with van der Waals surface area (Å²) in [6.07, 6.45) is 7.55. The van der Waals surface area contributed by atoms with Gasteiger partial charge in [-0.15, -0.1) is 0 Å². The molecule has 1 aliphatic rings. The van der Waals surface area contributed by atoms with Gasteiger partial charge >= 0.3 is 0 Å². The van der Waals surface area contributed by atoms with Crippen molar-refractivity contribution >= 4 is 10.9 Å². The van der Waals surface area contributed by atoms with E-state index in [1.807, 2.05) is 56.3 Å². The fraction of sp³-hybridized carbons (Fsp3) is 0.286. The predicted molar refractivity (Wildman–Crippen MR) is 100 cm³/mol. The minimum atomic E-state index is -0.144. The summed E-state index contributed by atoms with van der Waals surface area (Å²) in [5, 5.41) is 0.967. The van der Waals surface area contributed by atoms with E-state index in [9.17, 15) is 0 Å². The Labute approximate surface area is 148 Å². The molecule has 0 amide bonds. The number of nitrogens with zero attached hydrogens (tertiary/aromatic N) is 1. The van der Waals surface area contributed by atoms with E-state index in [1.54, 1.807) is 6.08 Å². The third-order valence-electron chi connectivity index (χ3n) is 3.92. The van der Waals surface area contributed by atoms with E-state index >= 15 is 0 Å². The van der Waals surface area contributed by atoms with E-state index < -0.39 is 0 Å². The number of rotatable bonds is 6. The molecule has 1 atom stereocenters. The highest BCUT2D eigenvalue weighted by molar-refractivity contribution is 5.88. The number of benzene rings is 1. The molecule has 1 aromatic heterocycles. The van der Waals surface area contributed by atoms with E-state index in [-0.39, 0.29) is 6.10 Å². The van der Waals surface area contributed by atoms with E-state index in [0.717, 1.165) is 33.7 Å². The van der Waals surface area contributed by atoms with Crippen LogP contribution in [-0.2, 0) is 4.74 Å². The van der Waals surface area contributed by atoms with Gasteiger partial charge in [0.15, 0.2) is 17.6 Å². The molecule has 0 N–H and O–H groups in total. The Morgan fingerprint density at radius 3 is 3.04 bits per heavy atom. The van der Waals surface area contributed by atoms with Gasteiger partial charge in [-0.25, -0.2) is 0 Å². The molecule has 4 nitrogen and oxygen atoms in total. The van der Waals surface area contributed by atoms with Gasteiger partial charge in [-0.1, -0.05) is 30.9 Å². The van der Waals surface area contributed by atoms with E-state index in [2.05, 4.69) is 11.6 Å². The number of hydrogen-bond acceptors (Lipinski definition) is 4. The lowest BCUT2D eigenvalue weighted by Gasteiger charge is -2.27. The number of hydrogen-bond donors (Lipinski definition) is 0. The van der Waals surface area contributed by atoms with Crippen LogP contribution in [0.25, 0.3) is 10.9 Å². The van der Waals surface area contributed by atoms with Gasteiger partial charge in [0.1, 0.15) is 6.61 Å². The summed E-state index contributed by atoms with van der Waals surface area (Å²) in [5.41, 5.74) is 2.96. The summed E-state index contributed by atoms with van der Waals surface area (Å²) in [4.78, 5) is 4.54. The van der Waals surface area contributed by atoms with Crippen LogP contribution in [0.4, 0.5) is 0 Å². The molecule has 130 valence electrons. The maximum Gasteiger partial charge on any atom is 0.171 e. The Balaban J connectivity index is 1.68. The largest absolute Gasteiger partial charge is 0.486 e. The Kier molecular flexibility index (Phi) is 5.51. The van der Waals surface area contributed by atoms with Crippen molar-refractivity contribution in [1.29, 1.82) is 0 Å². The van der Waals surface area contributed by atoms with Gasteiger partial charge in [0.25, 0.3) is 0 Å². The Morgan fingerprint density at radius 2 is 2.24 bits per heavy atom. The van der Waals surface area contributed by atoms with Gasteiger partial charge in [-0.05, 0) is 43.7 Å². The number of aryl methyl sites for hydroxylation is 1. The van der Waals surface area contributed by atoms with Crippen LogP contribution in [0.5, 0.6) is 11.5 Å². The highest BCUT2D eigenvalue weighted by Gasteiger charge is 2.23. The van der Waals surface area contributed by atoms with Crippen molar-refractivity contribution < 1.29 is 14.2 Å². The van der Waals surface area contributed by atoms with Gasteiger partial charge < -0.3 is 14.2 Å². The zero-order chi connectivity index (χ0) is 17.6. The Bertz CT molecular complexity index is 823. The molecule has 0 bridgehead atoms. The van der Waals surface area contributed by atoms with Crippen LogP contribution in [0, 0.1) is 6.92 Å². The van der Waals surface area contributed by atoms with Crippen LogP contribution in [0.2, 0.25) is 0 Å². The number of fused-ring (bicyclic) bond motifs is 3. The molecule has 0 fully saturated rings. The molecule has 0 aliphatic carbocycles. The summed E-state index contributed by atoms with van der Waals surface area (Å²) < 4.78 is 17.8. The second-order valence-electron chi connectivity index (χ2n) is 5.96. The van der Waals surface area contributed by atoms with Crippen LogP contribution >= 0.6 is 0 Å². The van der Waals surface area contributed by atoms with Gasteiger partial charge in [0.2, 0.25) is 0 Å². The molecule has 3 rings (SSSR count). The first-order valence-corrected chi connectivity index (χ1v) is 8.43. The first-order chi connectivity index (χ1) is 12.2. The van der Waals surface area contributed by atoms with E-state index in [1.165, 1.54) is 0 Å². The minimum Gasteiger partial charge on any atom is -0.486 e. The van der Waals surface area contributed by atoms with Gasteiger partial charge in [-0.3, -0.25) is 4.98 Å². The van der Waals surface area contributed by atoms with Crippen LogP contribution in [0.3, 0.4) is 0 Å².